The van der Waals surface area contributed by atoms with Crippen LogP contribution in [0.5, 0.6) is 0 Å². The number of aliphatic hydroxyl groups is 1. The van der Waals surface area contributed by atoms with Gasteiger partial charge in [-0.05, 0) is 115 Å². The molecule has 4 atom stereocenters. The highest BCUT2D eigenvalue weighted by Crippen LogP contribution is 2.50. The van der Waals surface area contributed by atoms with Gasteiger partial charge in [0.1, 0.15) is 5.60 Å². The van der Waals surface area contributed by atoms with Crippen LogP contribution in [0, 0.1) is 5.92 Å². The van der Waals surface area contributed by atoms with E-state index in [0.29, 0.717) is 0 Å². The van der Waals surface area contributed by atoms with Gasteiger partial charge in [0.25, 0.3) is 0 Å². The predicted octanol–water partition coefficient (Wildman–Crippen LogP) is 8.23. The molecule has 1 saturated heterocycles. The summed E-state index contributed by atoms with van der Waals surface area (Å²) in [4.78, 5) is 0. The lowest BCUT2D eigenvalue weighted by Gasteiger charge is -2.51. The lowest BCUT2D eigenvalue weighted by Crippen LogP contribution is -2.51. The first-order valence-electron chi connectivity index (χ1n) is 12.7. The molecule has 0 aromatic heterocycles. The summed E-state index contributed by atoms with van der Waals surface area (Å²) >= 11 is 0. The predicted molar refractivity (Wildman–Crippen MR) is 134 cm³/mol. The topological polar surface area (TPSA) is 29.5 Å². The lowest BCUT2D eigenvalue weighted by atomic mass is 9.70. The highest BCUT2D eigenvalue weighted by Gasteiger charge is 2.48. The second-order valence-corrected chi connectivity index (χ2v) is 10.4. The van der Waals surface area contributed by atoms with E-state index in [9.17, 15) is 5.11 Å². The van der Waals surface area contributed by atoms with Gasteiger partial charge in [0.2, 0.25) is 0 Å². The van der Waals surface area contributed by atoms with E-state index in [0.717, 1.165) is 43.6 Å². The largest absolute Gasteiger partial charge is 0.385 e. The van der Waals surface area contributed by atoms with Gasteiger partial charge in [-0.2, -0.15) is 0 Å². The van der Waals surface area contributed by atoms with Gasteiger partial charge in [-0.3, -0.25) is 0 Å². The van der Waals surface area contributed by atoms with Gasteiger partial charge in [-0.15, -0.1) is 0 Å². The van der Waals surface area contributed by atoms with Crippen molar-refractivity contribution >= 4 is 0 Å². The third kappa shape index (κ3) is 6.68. The molecular weight excluding hydrogens is 380 g/mol. The van der Waals surface area contributed by atoms with Crippen LogP contribution in [-0.2, 0) is 4.74 Å². The van der Waals surface area contributed by atoms with Gasteiger partial charge < -0.3 is 9.84 Å². The molecule has 2 nitrogen and oxygen atoms in total. The molecule has 1 N–H and O–H groups in total. The highest BCUT2D eigenvalue weighted by atomic mass is 16.5. The maximum absolute atomic E-state index is 10.4. The molecule has 2 rings (SSSR count). The second-order valence-electron chi connectivity index (χ2n) is 10.4. The zero-order valence-electron chi connectivity index (χ0n) is 21.4. The molecule has 1 aliphatic heterocycles. The molecule has 0 spiro atoms. The Hall–Kier alpha value is -1.12. The summed E-state index contributed by atoms with van der Waals surface area (Å²) in [5.41, 5.74) is 4.76. The maximum Gasteiger partial charge on any atom is 0.111 e. The van der Waals surface area contributed by atoms with Crippen molar-refractivity contribution in [1.82, 2.24) is 0 Å². The molecule has 1 fully saturated rings. The number of fused-ring (bicyclic) bond motifs is 1. The van der Waals surface area contributed by atoms with Crippen LogP contribution >= 0.6 is 0 Å². The van der Waals surface area contributed by atoms with E-state index < -0.39 is 6.10 Å². The minimum absolute atomic E-state index is 0.0693. The lowest BCUT2D eigenvalue weighted by molar-refractivity contribution is -0.144. The van der Waals surface area contributed by atoms with E-state index in [1.165, 1.54) is 48.8 Å². The molecule has 2 aliphatic rings. The SMILES string of the molecule is C/C=C\CC/C(C)=C/CCC(C)CCCC1(C)CCC2=CC(O)C(C)=C(C)C2(CC)O1. The Morgan fingerprint density at radius 2 is 2.03 bits per heavy atom. The Morgan fingerprint density at radius 3 is 2.71 bits per heavy atom. The molecule has 1 heterocycles. The molecule has 0 radical (unpaired) electrons. The Morgan fingerprint density at radius 1 is 1.29 bits per heavy atom. The second kappa shape index (κ2) is 11.7. The van der Waals surface area contributed by atoms with Crippen molar-refractivity contribution in [1.29, 1.82) is 0 Å². The molecular formula is C29H48O2. The third-order valence-electron chi connectivity index (χ3n) is 7.86. The number of aliphatic hydroxyl groups excluding tert-OH is 1. The van der Waals surface area contributed by atoms with Gasteiger partial charge in [-0.1, -0.05) is 50.5 Å². The van der Waals surface area contributed by atoms with Crippen molar-refractivity contribution in [2.75, 3.05) is 0 Å². The summed E-state index contributed by atoms with van der Waals surface area (Å²) in [5, 5.41) is 10.4. The van der Waals surface area contributed by atoms with Gasteiger partial charge in [0, 0.05) is 0 Å². The first-order valence-corrected chi connectivity index (χ1v) is 12.7. The molecule has 0 saturated carbocycles. The molecule has 176 valence electrons. The van der Waals surface area contributed by atoms with E-state index in [1.807, 2.05) is 0 Å². The third-order valence-corrected chi connectivity index (χ3v) is 7.86. The highest BCUT2D eigenvalue weighted by molar-refractivity contribution is 5.44. The standard InChI is InChI=1S/C29H48O2/c1-8-10-11-14-22(3)15-12-16-23(4)17-13-19-28(7)20-18-26-21-27(30)24(5)25(6)29(26,9-2)31-28/h8,10,15,21,23,27,30H,9,11-14,16-20H2,1-7H3/b10-8-,22-15+. The Kier molecular flexibility index (Phi) is 9.83. The minimum Gasteiger partial charge on any atom is -0.385 e. The van der Waals surface area contributed by atoms with Crippen molar-refractivity contribution in [2.45, 2.75) is 130 Å². The summed E-state index contributed by atoms with van der Waals surface area (Å²) < 4.78 is 6.93. The summed E-state index contributed by atoms with van der Waals surface area (Å²) in [6, 6.07) is 0. The summed E-state index contributed by atoms with van der Waals surface area (Å²) in [6.45, 7) is 15.5. The van der Waals surface area contributed by atoms with Crippen LogP contribution in [0.4, 0.5) is 0 Å². The van der Waals surface area contributed by atoms with E-state index in [2.05, 4.69) is 72.8 Å². The average molecular weight is 429 g/mol. The fourth-order valence-corrected chi connectivity index (χ4v) is 5.43. The summed E-state index contributed by atoms with van der Waals surface area (Å²) in [7, 11) is 0. The number of hydrogen-bond acceptors (Lipinski definition) is 2. The monoisotopic (exact) mass is 428 g/mol. The molecule has 0 aromatic carbocycles. The average Bonchev–Trinajstić information content (AvgIpc) is 2.73. The Balaban J connectivity index is 1.84. The van der Waals surface area contributed by atoms with Crippen molar-refractivity contribution in [2.24, 2.45) is 5.92 Å². The fraction of sp³-hybridized carbons (Fsp3) is 0.724. The zero-order chi connectivity index (χ0) is 23.1. The van der Waals surface area contributed by atoms with Crippen LogP contribution in [0.2, 0.25) is 0 Å². The molecule has 0 aromatic rings. The number of hydrogen-bond donors (Lipinski definition) is 1. The van der Waals surface area contributed by atoms with E-state index in [1.54, 1.807) is 0 Å². The molecule has 0 bridgehead atoms. The van der Waals surface area contributed by atoms with Crippen molar-refractivity contribution in [3.05, 3.63) is 46.6 Å². The van der Waals surface area contributed by atoms with Crippen LogP contribution < -0.4 is 0 Å². The van der Waals surface area contributed by atoms with Crippen LogP contribution in [0.25, 0.3) is 0 Å². The first kappa shape index (κ1) is 26.1. The van der Waals surface area contributed by atoms with E-state index in [4.69, 9.17) is 4.74 Å². The molecule has 1 aliphatic carbocycles. The maximum atomic E-state index is 10.4. The molecule has 31 heavy (non-hydrogen) atoms. The molecule has 2 heteroatoms. The number of rotatable bonds is 11. The van der Waals surface area contributed by atoms with Crippen molar-refractivity contribution < 1.29 is 9.84 Å². The normalized spacial score (nSPS) is 30.5. The van der Waals surface area contributed by atoms with Gasteiger partial charge in [-0.25, -0.2) is 0 Å². The van der Waals surface area contributed by atoms with Crippen LogP contribution in [-0.4, -0.2) is 22.4 Å². The van der Waals surface area contributed by atoms with Gasteiger partial charge >= 0.3 is 0 Å². The first-order chi connectivity index (χ1) is 14.7. The Bertz CT molecular complexity index is 710. The summed E-state index contributed by atoms with van der Waals surface area (Å²) in [6.07, 6.45) is 20.0. The zero-order valence-corrected chi connectivity index (χ0v) is 21.4. The van der Waals surface area contributed by atoms with Crippen molar-refractivity contribution in [3.8, 4) is 0 Å². The quantitative estimate of drug-likeness (QED) is 0.336. The Labute approximate surface area is 192 Å². The van der Waals surface area contributed by atoms with Crippen LogP contribution in [0.15, 0.2) is 46.6 Å². The van der Waals surface area contributed by atoms with Gasteiger partial charge in [0.05, 0.1) is 11.7 Å². The number of ether oxygens (including phenoxy) is 1. The van der Waals surface area contributed by atoms with E-state index >= 15 is 0 Å². The summed E-state index contributed by atoms with van der Waals surface area (Å²) in [5.74, 6) is 0.760. The molecule has 0 amide bonds. The van der Waals surface area contributed by atoms with Crippen LogP contribution in [0.1, 0.15) is 113 Å². The van der Waals surface area contributed by atoms with E-state index in [-0.39, 0.29) is 11.2 Å². The van der Waals surface area contributed by atoms with Gasteiger partial charge in [0.15, 0.2) is 0 Å². The molecule has 4 unspecified atom stereocenters. The smallest absolute Gasteiger partial charge is 0.111 e. The van der Waals surface area contributed by atoms with Crippen molar-refractivity contribution in [3.63, 3.8) is 0 Å². The fourth-order valence-electron chi connectivity index (χ4n) is 5.43. The number of allylic oxidation sites excluding steroid dienone is 4. The van der Waals surface area contributed by atoms with Crippen LogP contribution in [0.3, 0.4) is 0 Å². The minimum atomic E-state index is -0.440.